The number of nitrogens with zero attached hydrogens (tertiary/aromatic N) is 1. The van der Waals surface area contributed by atoms with E-state index in [2.05, 4.69) is 12.1 Å². The number of ether oxygens (including phenoxy) is 1. The summed E-state index contributed by atoms with van der Waals surface area (Å²) >= 11 is 0. The van der Waals surface area contributed by atoms with E-state index >= 15 is 0 Å². The van der Waals surface area contributed by atoms with Gasteiger partial charge in [0.15, 0.2) is 0 Å². The molecule has 1 aromatic carbocycles. The highest BCUT2D eigenvalue weighted by Gasteiger charge is 2.43. The molecule has 5 nitrogen and oxygen atoms in total. The summed E-state index contributed by atoms with van der Waals surface area (Å²) in [5.41, 5.74) is 1.32. The van der Waals surface area contributed by atoms with Crippen molar-refractivity contribution in [3.8, 4) is 5.75 Å². The maximum atomic E-state index is 12.5. The van der Waals surface area contributed by atoms with Crippen LogP contribution in [0.1, 0.15) is 37.7 Å². The molecule has 5 heteroatoms. The van der Waals surface area contributed by atoms with Crippen molar-refractivity contribution in [3.05, 3.63) is 29.8 Å². The Hall–Kier alpha value is -2.04. The van der Waals surface area contributed by atoms with Gasteiger partial charge in [0.05, 0.1) is 18.9 Å². The first kappa shape index (κ1) is 17.8. The van der Waals surface area contributed by atoms with Crippen LogP contribution in [0.5, 0.6) is 5.75 Å². The fraction of sp³-hybridized carbons (Fsp3) is 0.600. The number of piperidine rings is 1. The van der Waals surface area contributed by atoms with Crippen LogP contribution in [0, 0.1) is 17.8 Å². The van der Waals surface area contributed by atoms with E-state index in [0.29, 0.717) is 12.3 Å². The first-order valence-electron chi connectivity index (χ1n) is 9.23. The second-order valence-electron chi connectivity index (χ2n) is 7.28. The van der Waals surface area contributed by atoms with Crippen molar-refractivity contribution in [2.24, 2.45) is 17.8 Å². The number of methoxy groups -OCH3 is 1. The van der Waals surface area contributed by atoms with Crippen LogP contribution in [0.2, 0.25) is 0 Å². The Morgan fingerprint density at radius 3 is 2.24 bits per heavy atom. The molecule has 2 aliphatic rings. The number of carbonyl (C=O) groups is 2. The van der Waals surface area contributed by atoms with E-state index in [1.54, 1.807) is 7.11 Å². The molecule has 0 radical (unpaired) electrons. The van der Waals surface area contributed by atoms with Crippen LogP contribution in [0.4, 0.5) is 0 Å². The normalized spacial score (nSPS) is 23.8. The zero-order valence-corrected chi connectivity index (χ0v) is 14.8. The van der Waals surface area contributed by atoms with Gasteiger partial charge in [0.25, 0.3) is 0 Å². The first-order chi connectivity index (χ1) is 12.1. The molecule has 3 rings (SSSR count). The minimum absolute atomic E-state index is 0.0623. The highest BCUT2D eigenvalue weighted by atomic mass is 16.5. The van der Waals surface area contributed by atoms with Gasteiger partial charge in [-0.2, -0.15) is 0 Å². The molecule has 0 spiro atoms. The Morgan fingerprint density at radius 1 is 1.08 bits per heavy atom. The van der Waals surface area contributed by atoms with Gasteiger partial charge < -0.3 is 14.7 Å². The van der Waals surface area contributed by atoms with E-state index in [1.807, 2.05) is 17.0 Å². The molecule has 1 amide bonds. The van der Waals surface area contributed by atoms with Crippen LogP contribution in [-0.2, 0) is 16.0 Å². The molecule has 0 aromatic heterocycles. The number of carboxylic acid groups (broad SMARTS) is 1. The number of hydrogen-bond acceptors (Lipinski definition) is 3. The van der Waals surface area contributed by atoms with E-state index in [-0.39, 0.29) is 11.8 Å². The number of aryl methyl sites for hydroxylation is 1. The molecular formula is C20H27NO4. The van der Waals surface area contributed by atoms with Gasteiger partial charge in [-0.25, -0.2) is 0 Å². The molecule has 0 bridgehead atoms. The first-order valence-corrected chi connectivity index (χ1v) is 9.23. The van der Waals surface area contributed by atoms with Gasteiger partial charge in [0.2, 0.25) is 5.91 Å². The second-order valence-corrected chi connectivity index (χ2v) is 7.28. The van der Waals surface area contributed by atoms with Crippen LogP contribution in [0.3, 0.4) is 0 Å². The highest BCUT2D eigenvalue weighted by Crippen LogP contribution is 2.37. The lowest BCUT2D eigenvalue weighted by atomic mass is 9.72. The molecule has 0 unspecified atom stereocenters. The number of amides is 1. The van der Waals surface area contributed by atoms with Crippen LogP contribution < -0.4 is 4.74 Å². The summed E-state index contributed by atoms with van der Waals surface area (Å²) in [7, 11) is 1.67. The summed E-state index contributed by atoms with van der Waals surface area (Å²) in [5, 5.41) is 9.13. The standard InChI is InChI=1S/C20H27NO4/c1-25-16-6-4-14(5-7-16)2-3-15-10-12-21(13-11-15)19(22)17-8-9-18(17)20(23)24/h4-7,15,17-18H,2-3,8-13H2,1H3,(H,23,24)/t17-,18-/m1/s1. The van der Waals surface area contributed by atoms with Crippen molar-refractivity contribution in [1.29, 1.82) is 0 Å². The van der Waals surface area contributed by atoms with E-state index in [1.165, 1.54) is 5.56 Å². The second kappa shape index (κ2) is 7.89. The van der Waals surface area contributed by atoms with E-state index in [0.717, 1.165) is 50.9 Å². The summed E-state index contributed by atoms with van der Waals surface area (Å²) in [6.07, 6.45) is 5.60. The zero-order chi connectivity index (χ0) is 17.8. The molecule has 2 atom stereocenters. The molecule has 1 aliphatic carbocycles. The zero-order valence-electron chi connectivity index (χ0n) is 14.8. The summed E-state index contributed by atoms with van der Waals surface area (Å²) in [6, 6.07) is 8.21. The molecule has 1 heterocycles. The minimum Gasteiger partial charge on any atom is -0.497 e. The van der Waals surface area contributed by atoms with E-state index in [9.17, 15) is 9.59 Å². The highest BCUT2D eigenvalue weighted by molar-refractivity contribution is 5.86. The Bertz CT molecular complexity index is 605. The predicted octanol–water partition coefficient (Wildman–Crippen LogP) is 2.98. The number of carboxylic acids is 1. The number of likely N-dealkylation sites (tertiary alicyclic amines) is 1. The van der Waals surface area contributed by atoms with Crippen LogP contribution in [0.25, 0.3) is 0 Å². The third kappa shape index (κ3) is 4.14. The average Bonchev–Trinajstić information content (AvgIpc) is 2.59. The molecule has 1 aromatic rings. The number of rotatable bonds is 6. The van der Waals surface area contributed by atoms with Crippen molar-refractivity contribution in [2.45, 2.75) is 38.5 Å². The fourth-order valence-electron chi connectivity index (χ4n) is 3.93. The minimum atomic E-state index is -0.820. The molecule has 136 valence electrons. The van der Waals surface area contributed by atoms with Gasteiger partial charge >= 0.3 is 5.97 Å². The van der Waals surface area contributed by atoms with Gasteiger partial charge in [0, 0.05) is 13.1 Å². The summed E-state index contributed by atoms with van der Waals surface area (Å²) < 4.78 is 5.18. The Balaban J connectivity index is 1.42. The molecular weight excluding hydrogens is 318 g/mol. The maximum Gasteiger partial charge on any atom is 0.307 e. The average molecular weight is 345 g/mol. The summed E-state index contributed by atoms with van der Waals surface area (Å²) in [6.45, 7) is 1.55. The molecule has 25 heavy (non-hydrogen) atoms. The van der Waals surface area contributed by atoms with Gasteiger partial charge in [0.1, 0.15) is 5.75 Å². The van der Waals surface area contributed by atoms with Crippen LogP contribution >= 0.6 is 0 Å². The van der Waals surface area contributed by atoms with E-state index < -0.39 is 11.9 Å². The van der Waals surface area contributed by atoms with Crippen LogP contribution in [0.15, 0.2) is 24.3 Å². The number of carbonyl (C=O) groups excluding carboxylic acids is 1. The Labute approximate surface area is 149 Å². The predicted molar refractivity (Wildman–Crippen MR) is 94.5 cm³/mol. The lowest BCUT2D eigenvalue weighted by Gasteiger charge is -2.39. The van der Waals surface area contributed by atoms with Crippen molar-refractivity contribution in [1.82, 2.24) is 4.90 Å². The molecule has 1 aliphatic heterocycles. The van der Waals surface area contributed by atoms with Crippen LogP contribution in [-0.4, -0.2) is 42.1 Å². The van der Waals surface area contributed by atoms with Gasteiger partial charge in [-0.05, 0) is 62.1 Å². The van der Waals surface area contributed by atoms with Gasteiger partial charge in [-0.1, -0.05) is 12.1 Å². The smallest absolute Gasteiger partial charge is 0.307 e. The lowest BCUT2D eigenvalue weighted by molar-refractivity contribution is -0.157. The Morgan fingerprint density at radius 2 is 1.72 bits per heavy atom. The van der Waals surface area contributed by atoms with Crippen molar-refractivity contribution in [2.75, 3.05) is 20.2 Å². The monoisotopic (exact) mass is 345 g/mol. The molecule has 1 saturated heterocycles. The van der Waals surface area contributed by atoms with Crippen molar-refractivity contribution in [3.63, 3.8) is 0 Å². The SMILES string of the molecule is COc1ccc(CCC2CCN(C(=O)[C@@H]3CC[C@H]3C(=O)O)CC2)cc1. The lowest BCUT2D eigenvalue weighted by Crippen LogP contribution is -2.48. The maximum absolute atomic E-state index is 12.5. The third-order valence-corrected chi connectivity index (χ3v) is 5.84. The molecule has 1 N–H and O–H groups in total. The summed E-state index contributed by atoms with van der Waals surface area (Å²) in [5.74, 6) is 0.0221. The number of aliphatic carboxylic acids is 1. The number of benzene rings is 1. The largest absolute Gasteiger partial charge is 0.497 e. The fourth-order valence-corrected chi connectivity index (χ4v) is 3.93. The van der Waals surface area contributed by atoms with Crippen molar-refractivity contribution < 1.29 is 19.4 Å². The molecule has 2 fully saturated rings. The quantitative estimate of drug-likeness (QED) is 0.861. The van der Waals surface area contributed by atoms with E-state index in [4.69, 9.17) is 9.84 Å². The third-order valence-electron chi connectivity index (χ3n) is 5.84. The van der Waals surface area contributed by atoms with Gasteiger partial charge in [-0.3, -0.25) is 9.59 Å². The topological polar surface area (TPSA) is 66.8 Å². The Kier molecular flexibility index (Phi) is 5.61. The van der Waals surface area contributed by atoms with Gasteiger partial charge in [-0.15, -0.1) is 0 Å². The van der Waals surface area contributed by atoms with Crippen molar-refractivity contribution >= 4 is 11.9 Å². The summed E-state index contributed by atoms with van der Waals surface area (Å²) in [4.78, 5) is 25.5. The number of hydrogen-bond donors (Lipinski definition) is 1. The molecule has 1 saturated carbocycles.